The molecule has 1 aliphatic rings. The van der Waals surface area contributed by atoms with Gasteiger partial charge in [0.15, 0.2) is 0 Å². The Morgan fingerprint density at radius 2 is 1.95 bits per heavy atom. The van der Waals surface area contributed by atoms with Crippen LogP contribution in [0.4, 0.5) is 11.4 Å². The Morgan fingerprint density at radius 3 is 2.55 bits per heavy atom. The molecule has 0 aliphatic carbocycles. The van der Waals surface area contributed by atoms with E-state index in [2.05, 4.69) is 5.32 Å². The number of nitrogens with one attached hydrogen (secondary N) is 1. The Kier molecular flexibility index (Phi) is 5.02. The highest BCUT2D eigenvalue weighted by Crippen LogP contribution is 2.33. The molecule has 1 saturated heterocycles. The number of sulfone groups is 1. The van der Waals surface area contributed by atoms with E-state index in [4.69, 9.17) is 4.74 Å². The van der Waals surface area contributed by atoms with Crippen LogP contribution in [-0.2, 0) is 14.6 Å². The van der Waals surface area contributed by atoms with E-state index in [9.17, 15) is 18.5 Å². The number of rotatable bonds is 6. The lowest BCUT2D eigenvalue weighted by Gasteiger charge is -2.36. The van der Waals surface area contributed by atoms with E-state index >= 15 is 0 Å². The van der Waals surface area contributed by atoms with Gasteiger partial charge in [-0.1, -0.05) is 12.1 Å². The molecule has 1 N–H and O–H groups in total. The van der Waals surface area contributed by atoms with Crippen LogP contribution in [0.1, 0.15) is 12.8 Å². The van der Waals surface area contributed by atoms with Gasteiger partial charge in [-0.3, -0.25) is 10.1 Å². The molecule has 122 valence electrons. The quantitative estimate of drug-likeness (QED) is 0.632. The summed E-state index contributed by atoms with van der Waals surface area (Å²) in [7, 11) is -3.14. The van der Waals surface area contributed by atoms with Crippen LogP contribution in [-0.4, -0.2) is 45.1 Å². The predicted molar refractivity (Wildman–Crippen MR) is 83.8 cm³/mol. The minimum absolute atomic E-state index is 0.0101. The third-order valence-electron chi connectivity index (χ3n) is 3.88. The molecule has 1 fully saturated rings. The second kappa shape index (κ2) is 6.62. The minimum Gasteiger partial charge on any atom is -0.381 e. The first-order chi connectivity index (χ1) is 10.3. The number of hydrogen-bond acceptors (Lipinski definition) is 6. The third kappa shape index (κ3) is 4.41. The lowest BCUT2D eigenvalue weighted by molar-refractivity contribution is -0.384. The highest BCUT2D eigenvalue weighted by atomic mass is 32.2. The number of para-hydroxylation sites is 2. The Bertz CT molecular complexity index is 638. The average Bonchev–Trinajstić information content (AvgIpc) is 2.44. The fourth-order valence-electron chi connectivity index (χ4n) is 2.80. The van der Waals surface area contributed by atoms with Crippen molar-refractivity contribution in [3.05, 3.63) is 34.4 Å². The molecule has 7 nitrogen and oxygen atoms in total. The van der Waals surface area contributed by atoms with Gasteiger partial charge in [0.05, 0.1) is 10.7 Å². The topological polar surface area (TPSA) is 98.5 Å². The summed E-state index contributed by atoms with van der Waals surface area (Å²) in [5, 5.41) is 14.1. The average molecular weight is 328 g/mol. The van der Waals surface area contributed by atoms with Gasteiger partial charge < -0.3 is 10.1 Å². The molecular weight excluding hydrogens is 308 g/mol. The van der Waals surface area contributed by atoms with Gasteiger partial charge in [-0.2, -0.15) is 0 Å². The first-order valence-corrected chi connectivity index (χ1v) is 9.10. The minimum atomic E-state index is -3.14. The van der Waals surface area contributed by atoms with E-state index in [-0.39, 0.29) is 11.4 Å². The van der Waals surface area contributed by atoms with Crippen molar-refractivity contribution in [2.45, 2.75) is 12.8 Å². The van der Waals surface area contributed by atoms with Crippen LogP contribution < -0.4 is 5.32 Å². The number of benzene rings is 1. The molecule has 0 atom stereocenters. The summed E-state index contributed by atoms with van der Waals surface area (Å²) in [5.74, 6) is 0.0526. The maximum absolute atomic E-state index is 11.7. The number of nitro benzene ring substituents is 1. The summed E-state index contributed by atoms with van der Waals surface area (Å²) in [4.78, 5) is 10.6. The molecule has 1 aromatic rings. The van der Waals surface area contributed by atoms with Gasteiger partial charge in [0.1, 0.15) is 15.5 Å². The van der Waals surface area contributed by atoms with Gasteiger partial charge in [0.2, 0.25) is 0 Å². The van der Waals surface area contributed by atoms with Crippen LogP contribution in [0.5, 0.6) is 0 Å². The van der Waals surface area contributed by atoms with E-state index in [1.807, 2.05) is 0 Å². The first kappa shape index (κ1) is 16.7. The van der Waals surface area contributed by atoms with E-state index < -0.39 is 20.2 Å². The molecule has 0 amide bonds. The van der Waals surface area contributed by atoms with Crippen molar-refractivity contribution >= 4 is 21.2 Å². The molecular formula is C14H20N2O5S. The van der Waals surface area contributed by atoms with E-state index in [1.165, 1.54) is 12.3 Å². The second-order valence-corrected chi connectivity index (χ2v) is 7.95. The molecule has 8 heteroatoms. The molecule has 0 bridgehead atoms. The van der Waals surface area contributed by atoms with Gasteiger partial charge in [0, 0.05) is 37.5 Å². The van der Waals surface area contributed by atoms with Crippen LogP contribution in [0.15, 0.2) is 24.3 Å². The van der Waals surface area contributed by atoms with E-state index in [0.29, 0.717) is 38.3 Å². The Morgan fingerprint density at radius 1 is 1.32 bits per heavy atom. The summed E-state index contributed by atoms with van der Waals surface area (Å²) >= 11 is 0. The zero-order chi connectivity index (χ0) is 16.2. The number of ether oxygens (including phenoxy) is 1. The van der Waals surface area contributed by atoms with Crippen molar-refractivity contribution in [1.82, 2.24) is 0 Å². The van der Waals surface area contributed by atoms with Gasteiger partial charge >= 0.3 is 0 Å². The highest BCUT2D eigenvalue weighted by molar-refractivity contribution is 7.90. The lowest BCUT2D eigenvalue weighted by atomic mass is 9.82. The molecule has 0 saturated carbocycles. The predicted octanol–water partition coefficient (Wildman–Crippen LogP) is 1.85. The zero-order valence-electron chi connectivity index (χ0n) is 12.4. The smallest absolute Gasteiger partial charge is 0.292 e. The highest BCUT2D eigenvalue weighted by Gasteiger charge is 2.36. The standard InChI is InChI=1S/C14H20N2O5S/c1-22(19,20)11-14(6-8-21-9-7-14)10-15-12-4-2-3-5-13(12)16(17)18/h2-5,15H,6-11H2,1H3. The van der Waals surface area contributed by atoms with Gasteiger partial charge in [-0.25, -0.2) is 8.42 Å². The van der Waals surface area contributed by atoms with Crippen molar-refractivity contribution in [3.63, 3.8) is 0 Å². The fraction of sp³-hybridized carbons (Fsp3) is 0.571. The summed E-state index contributed by atoms with van der Waals surface area (Å²) in [6.07, 6.45) is 2.45. The molecule has 1 heterocycles. The molecule has 0 spiro atoms. The van der Waals surface area contributed by atoms with Crippen molar-refractivity contribution < 1.29 is 18.1 Å². The third-order valence-corrected chi connectivity index (χ3v) is 5.01. The van der Waals surface area contributed by atoms with E-state index in [0.717, 1.165) is 0 Å². The van der Waals surface area contributed by atoms with Crippen molar-refractivity contribution in [3.8, 4) is 0 Å². The number of nitro groups is 1. The van der Waals surface area contributed by atoms with Crippen molar-refractivity contribution in [2.24, 2.45) is 5.41 Å². The molecule has 0 unspecified atom stereocenters. The summed E-state index contributed by atoms with van der Waals surface area (Å²) in [6.45, 7) is 1.39. The van der Waals surface area contributed by atoms with Crippen LogP contribution >= 0.6 is 0 Å². The summed E-state index contributed by atoms with van der Waals surface area (Å²) < 4.78 is 28.8. The molecule has 22 heavy (non-hydrogen) atoms. The van der Waals surface area contributed by atoms with Gasteiger partial charge in [-0.15, -0.1) is 0 Å². The normalized spacial score (nSPS) is 17.9. The number of nitrogens with zero attached hydrogens (tertiary/aromatic N) is 1. The fourth-order valence-corrected chi connectivity index (χ4v) is 4.30. The summed E-state index contributed by atoms with van der Waals surface area (Å²) in [5.41, 5.74) is -0.0499. The second-order valence-electron chi connectivity index (χ2n) is 5.81. The number of anilines is 1. The van der Waals surface area contributed by atoms with Crippen molar-refractivity contribution in [1.29, 1.82) is 0 Å². The van der Waals surface area contributed by atoms with Crippen LogP contribution in [0.25, 0.3) is 0 Å². The lowest BCUT2D eigenvalue weighted by Crippen LogP contribution is -2.41. The van der Waals surface area contributed by atoms with Gasteiger partial charge in [-0.05, 0) is 18.9 Å². The maximum atomic E-state index is 11.7. The van der Waals surface area contributed by atoms with Crippen LogP contribution in [0, 0.1) is 15.5 Å². The summed E-state index contributed by atoms with van der Waals surface area (Å²) in [6, 6.07) is 6.37. The molecule has 1 aliphatic heterocycles. The monoisotopic (exact) mass is 328 g/mol. The zero-order valence-corrected chi connectivity index (χ0v) is 13.3. The number of hydrogen-bond donors (Lipinski definition) is 1. The molecule has 0 aromatic heterocycles. The molecule has 1 aromatic carbocycles. The molecule has 2 rings (SSSR count). The largest absolute Gasteiger partial charge is 0.381 e. The molecule has 0 radical (unpaired) electrons. The maximum Gasteiger partial charge on any atom is 0.292 e. The van der Waals surface area contributed by atoms with Crippen LogP contribution in [0.3, 0.4) is 0 Å². The first-order valence-electron chi connectivity index (χ1n) is 7.04. The van der Waals surface area contributed by atoms with Crippen molar-refractivity contribution in [2.75, 3.05) is 37.1 Å². The van der Waals surface area contributed by atoms with Crippen LogP contribution in [0.2, 0.25) is 0 Å². The Labute approximate surface area is 129 Å². The SMILES string of the molecule is CS(=O)(=O)CC1(CNc2ccccc2[N+](=O)[O-])CCOCC1. The van der Waals surface area contributed by atoms with E-state index in [1.54, 1.807) is 18.2 Å². The van der Waals surface area contributed by atoms with Gasteiger partial charge in [0.25, 0.3) is 5.69 Å². The Hall–Kier alpha value is -1.67. The Balaban J connectivity index is 2.17.